The molecular weight excluding hydrogens is 90.1 g/mol. The standard InChI is InChI=1S/C5H7NO.H2/c1-4-7-6-5(2)3;/h1H,2-3H3;1H. The zero-order chi connectivity index (χ0) is 5.70. The highest BCUT2D eigenvalue weighted by Gasteiger charge is 1.71. The third kappa shape index (κ3) is 5.03. The summed E-state index contributed by atoms with van der Waals surface area (Å²) in [5.74, 6) is 0. The van der Waals surface area contributed by atoms with Crippen LogP contribution in [0.25, 0.3) is 0 Å². The van der Waals surface area contributed by atoms with Crippen molar-refractivity contribution in [1.29, 1.82) is 0 Å². The molecule has 0 saturated carbocycles. The maximum Gasteiger partial charge on any atom is 0.145 e. The van der Waals surface area contributed by atoms with Crippen molar-refractivity contribution in [2.24, 2.45) is 5.16 Å². The number of oxime groups is 1. The van der Waals surface area contributed by atoms with Crippen LogP contribution in [0.2, 0.25) is 0 Å². The maximum atomic E-state index is 4.70. The molecule has 0 aliphatic carbocycles. The first kappa shape index (κ1) is 6.03. The largest absolute Gasteiger partial charge is 0.304 e. The summed E-state index contributed by atoms with van der Waals surface area (Å²) in [6.07, 6.45) is 6.61. The van der Waals surface area contributed by atoms with Crippen LogP contribution in [0.3, 0.4) is 0 Å². The smallest absolute Gasteiger partial charge is 0.145 e. The van der Waals surface area contributed by atoms with E-state index < -0.39 is 0 Å². The average molecular weight is 99.1 g/mol. The highest BCUT2D eigenvalue weighted by atomic mass is 16.6. The molecule has 0 rings (SSSR count). The molecule has 0 heterocycles. The van der Waals surface area contributed by atoms with E-state index >= 15 is 0 Å². The van der Waals surface area contributed by atoms with Crippen LogP contribution < -0.4 is 0 Å². The number of hydrogen-bond donors (Lipinski definition) is 0. The molecule has 0 aromatic heterocycles. The van der Waals surface area contributed by atoms with E-state index in [1.807, 2.05) is 6.11 Å². The number of terminal acetylenes is 1. The van der Waals surface area contributed by atoms with Crippen LogP contribution in [0, 0.1) is 12.5 Å². The molecule has 0 spiro atoms. The Labute approximate surface area is 44.6 Å². The van der Waals surface area contributed by atoms with Gasteiger partial charge in [-0.05, 0) is 13.8 Å². The van der Waals surface area contributed by atoms with Crippen LogP contribution >= 0.6 is 0 Å². The van der Waals surface area contributed by atoms with E-state index in [2.05, 4.69) is 9.99 Å². The average Bonchev–Trinajstić information content (AvgIpc) is 1.61. The molecule has 7 heavy (non-hydrogen) atoms. The van der Waals surface area contributed by atoms with Gasteiger partial charge in [0.05, 0.1) is 5.71 Å². The van der Waals surface area contributed by atoms with E-state index in [9.17, 15) is 0 Å². The van der Waals surface area contributed by atoms with Gasteiger partial charge in [0.25, 0.3) is 0 Å². The maximum absolute atomic E-state index is 4.70. The van der Waals surface area contributed by atoms with Gasteiger partial charge < -0.3 is 4.84 Å². The minimum absolute atomic E-state index is 0. The monoisotopic (exact) mass is 99.1 g/mol. The van der Waals surface area contributed by atoms with Crippen molar-refractivity contribution in [2.75, 3.05) is 0 Å². The van der Waals surface area contributed by atoms with Crippen LogP contribution in [-0.4, -0.2) is 5.71 Å². The van der Waals surface area contributed by atoms with Gasteiger partial charge in [-0.3, -0.25) is 0 Å². The zero-order valence-corrected chi connectivity index (χ0v) is 4.43. The Morgan fingerprint density at radius 2 is 2.43 bits per heavy atom. The first-order valence-electron chi connectivity index (χ1n) is 1.90. The second-order valence-corrected chi connectivity index (χ2v) is 1.25. The fourth-order valence-corrected chi connectivity index (χ4v) is 0.118. The van der Waals surface area contributed by atoms with Gasteiger partial charge in [0.2, 0.25) is 0 Å². The van der Waals surface area contributed by atoms with Crippen LogP contribution in [-0.2, 0) is 4.84 Å². The molecular formula is C5H9NO. The third-order valence-electron chi connectivity index (χ3n) is 0.281. The topological polar surface area (TPSA) is 21.6 Å². The van der Waals surface area contributed by atoms with Crippen molar-refractivity contribution in [2.45, 2.75) is 13.8 Å². The van der Waals surface area contributed by atoms with Crippen LogP contribution in [0.5, 0.6) is 0 Å². The number of rotatable bonds is 1. The van der Waals surface area contributed by atoms with E-state index in [0.717, 1.165) is 5.71 Å². The summed E-state index contributed by atoms with van der Waals surface area (Å²) in [5.41, 5.74) is 0.818. The fraction of sp³-hybridized carbons (Fsp3) is 0.400. The van der Waals surface area contributed by atoms with Crippen molar-refractivity contribution in [3.8, 4) is 12.5 Å². The molecule has 0 radical (unpaired) electrons. The lowest BCUT2D eigenvalue weighted by Gasteiger charge is -1.81. The Morgan fingerprint density at radius 3 is 2.57 bits per heavy atom. The predicted octanol–water partition coefficient (Wildman–Crippen LogP) is 1.24. The first-order valence-corrected chi connectivity index (χ1v) is 1.90. The molecule has 2 nitrogen and oxygen atoms in total. The van der Waals surface area contributed by atoms with Gasteiger partial charge in [0.1, 0.15) is 6.11 Å². The van der Waals surface area contributed by atoms with Crippen molar-refractivity contribution in [1.82, 2.24) is 0 Å². The lowest BCUT2D eigenvalue weighted by molar-refractivity contribution is 0.299. The van der Waals surface area contributed by atoms with Crippen molar-refractivity contribution in [3.63, 3.8) is 0 Å². The number of nitrogens with zero attached hydrogens (tertiary/aromatic N) is 1. The summed E-state index contributed by atoms with van der Waals surface area (Å²) in [7, 11) is 0. The van der Waals surface area contributed by atoms with E-state index in [1.165, 1.54) is 0 Å². The molecule has 0 unspecified atom stereocenters. The zero-order valence-electron chi connectivity index (χ0n) is 4.43. The van der Waals surface area contributed by atoms with Crippen molar-refractivity contribution in [3.05, 3.63) is 0 Å². The van der Waals surface area contributed by atoms with Crippen molar-refractivity contribution >= 4 is 5.71 Å². The lowest BCUT2D eigenvalue weighted by Crippen LogP contribution is -1.79. The van der Waals surface area contributed by atoms with Crippen LogP contribution in [0.1, 0.15) is 15.3 Å². The molecule has 0 saturated heterocycles. The Balaban J connectivity index is 0. The summed E-state index contributed by atoms with van der Waals surface area (Å²) in [6.45, 7) is 3.61. The van der Waals surface area contributed by atoms with Gasteiger partial charge in [-0.2, -0.15) is 0 Å². The second-order valence-electron chi connectivity index (χ2n) is 1.25. The minimum Gasteiger partial charge on any atom is -0.304 e. The SMILES string of the molecule is C#CON=C(C)C.[HH]. The Kier molecular flexibility index (Phi) is 2.78. The molecule has 0 N–H and O–H groups in total. The summed E-state index contributed by atoms with van der Waals surface area (Å²) < 4.78 is 0. The third-order valence-corrected chi connectivity index (χ3v) is 0.281. The molecule has 0 aromatic rings. The first-order chi connectivity index (χ1) is 3.27. The fourth-order valence-electron chi connectivity index (χ4n) is 0.118. The molecule has 0 amide bonds. The molecule has 0 aromatic carbocycles. The minimum atomic E-state index is 0. The molecule has 0 atom stereocenters. The highest BCUT2D eigenvalue weighted by molar-refractivity contribution is 5.78. The van der Waals surface area contributed by atoms with Gasteiger partial charge in [-0.15, -0.1) is 0 Å². The van der Waals surface area contributed by atoms with Crippen molar-refractivity contribution < 1.29 is 6.26 Å². The number of hydrogen-bond acceptors (Lipinski definition) is 2. The van der Waals surface area contributed by atoms with Gasteiger partial charge in [-0.25, -0.2) is 0 Å². The molecule has 0 bridgehead atoms. The van der Waals surface area contributed by atoms with Gasteiger partial charge in [-0.1, -0.05) is 11.6 Å². The van der Waals surface area contributed by atoms with Gasteiger partial charge in [0.15, 0.2) is 0 Å². The Hall–Kier alpha value is -0.970. The summed E-state index contributed by atoms with van der Waals surface area (Å²) in [4.78, 5) is 4.21. The Morgan fingerprint density at radius 1 is 1.86 bits per heavy atom. The van der Waals surface area contributed by atoms with Gasteiger partial charge in [0, 0.05) is 1.43 Å². The summed E-state index contributed by atoms with van der Waals surface area (Å²) >= 11 is 0. The summed E-state index contributed by atoms with van der Waals surface area (Å²) in [5, 5.41) is 3.42. The molecule has 40 valence electrons. The van der Waals surface area contributed by atoms with E-state index in [1.54, 1.807) is 13.8 Å². The highest BCUT2D eigenvalue weighted by Crippen LogP contribution is 1.73. The molecule has 2 heteroatoms. The molecule has 0 aliphatic heterocycles. The van der Waals surface area contributed by atoms with Crippen LogP contribution in [0.15, 0.2) is 5.16 Å². The van der Waals surface area contributed by atoms with E-state index in [-0.39, 0.29) is 1.43 Å². The second kappa shape index (κ2) is 3.23. The Bertz CT molecular complexity index is 110. The van der Waals surface area contributed by atoms with Gasteiger partial charge >= 0.3 is 0 Å². The van der Waals surface area contributed by atoms with Crippen LogP contribution in [0.4, 0.5) is 0 Å². The quantitative estimate of drug-likeness (QED) is 0.275. The molecule has 0 fully saturated rings. The van der Waals surface area contributed by atoms with E-state index in [0.29, 0.717) is 0 Å². The summed E-state index contributed by atoms with van der Waals surface area (Å²) in [6, 6.07) is 0. The normalized spacial score (nSPS) is 6.43. The molecule has 0 aliphatic rings. The predicted molar refractivity (Wildman–Crippen MR) is 30.8 cm³/mol. The lowest BCUT2D eigenvalue weighted by atomic mass is 10.5. The van der Waals surface area contributed by atoms with E-state index in [4.69, 9.17) is 6.42 Å².